The topological polar surface area (TPSA) is 102 Å². The molecule has 8 heteroatoms. The molecule has 0 radical (unpaired) electrons. The van der Waals surface area contributed by atoms with Crippen LogP contribution in [0.4, 0.5) is 17.5 Å². The molecule has 4 N–H and O–H groups in total. The maximum absolute atomic E-state index is 9.22. The lowest BCUT2D eigenvalue weighted by molar-refractivity contribution is -0.146. The number of aliphatic hydroxyl groups excluding tert-OH is 1. The monoisotopic (exact) mass is 377 g/mol. The predicted molar refractivity (Wildman–Crippen MR) is 106 cm³/mol. The van der Waals surface area contributed by atoms with Gasteiger partial charge >= 0.3 is 0 Å². The summed E-state index contributed by atoms with van der Waals surface area (Å²) >= 11 is 0. The van der Waals surface area contributed by atoms with Crippen LogP contribution in [0, 0.1) is 0 Å². The molecule has 3 aliphatic rings. The second-order valence-electron chi connectivity index (χ2n) is 8.18. The summed E-state index contributed by atoms with van der Waals surface area (Å²) in [5, 5.41) is 24.1. The number of hydrogen-bond acceptors (Lipinski definition) is 7. The molecule has 3 aliphatic heterocycles. The van der Waals surface area contributed by atoms with Gasteiger partial charge in [0.1, 0.15) is 11.6 Å². The van der Waals surface area contributed by atoms with E-state index in [4.69, 9.17) is 4.98 Å². The summed E-state index contributed by atoms with van der Waals surface area (Å²) in [4.78, 5) is 12.1. The number of aromatic nitrogens is 4. The molecular weight excluding hydrogens is 354 g/mol. The molecule has 6 heterocycles. The van der Waals surface area contributed by atoms with Gasteiger partial charge in [-0.15, -0.1) is 0 Å². The minimum absolute atomic E-state index is 0.0733. The molecule has 6 rings (SSSR count). The third-order valence-corrected chi connectivity index (χ3v) is 6.46. The molecule has 0 bridgehead atoms. The zero-order chi connectivity index (χ0) is 18.7. The van der Waals surface area contributed by atoms with Gasteiger partial charge in [0.15, 0.2) is 5.82 Å². The molecule has 0 saturated carbocycles. The van der Waals surface area contributed by atoms with Gasteiger partial charge in [-0.2, -0.15) is 5.10 Å². The summed E-state index contributed by atoms with van der Waals surface area (Å²) in [6.45, 7) is -0.0733. The van der Waals surface area contributed by atoms with Gasteiger partial charge in [0.25, 0.3) is 0 Å². The minimum atomic E-state index is -0.0733. The van der Waals surface area contributed by atoms with E-state index in [9.17, 15) is 5.11 Å². The zero-order valence-corrected chi connectivity index (χ0v) is 15.5. The van der Waals surface area contributed by atoms with E-state index in [-0.39, 0.29) is 6.61 Å². The molecule has 8 nitrogen and oxygen atoms in total. The Balaban J connectivity index is 1.29. The first kappa shape index (κ1) is 16.3. The predicted octanol–water partition coefficient (Wildman–Crippen LogP) is 2.38. The number of nitrogens with zero attached hydrogens (tertiary/aromatic N) is 4. The number of aliphatic hydroxyl groups is 1. The summed E-state index contributed by atoms with van der Waals surface area (Å²) in [6.07, 6.45) is 6.90. The molecule has 0 amide bonds. The number of rotatable bonds is 5. The lowest BCUT2D eigenvalue weighted by atomic mass is 9.68. The van der Waals surface area contributed by atoms with Crippen molar-refractivity contribution in [3.05, 3.63) is 36.2 Å². The quantitative estimate of drug-likeness (QED) is 0.541. The van der Waals surface area contributed by atoms with Gasteiger partial charge in [0, 0.05) is 47.9 Å². The second-order valence-corrected chi connectivity index (χ2v) is 8.18. The Morgan fingerprint density at radius 2 is 1.93 bits per heavy atom. The number of pyridine rings is 2. The molecule has 0 aliphatic carbocycles. The average molecular weight is 377 g/mol. The van der Waals surface area contributed by atoms with E-state index < -0.39 is 0 Å². The van der Waals surface area contributed by atoms with Crippen LogP contribution in [0.1, 0.15) is 31.4 Å². The van der Waals surface area contributed by atoms with Crippen LogP contribution in [0.25, 0.3) is 10.9 Å². The van der Waals surface area contributed by atoms with Crippen molar-refractivity contribution in [2.45, 2.75) is 56.5 Å². The van der Waals surface area contributed by atoms with Crippen molar-refractivity contribution >= 4 is 28.4 Å². The van der Waals surface area contributed by atoms with E-state index in [0.717, 1.165) is 34.8 Å². The first-order valence-electron chi connectivity index (χ1n) is 9.99. The van der Waals surface area contributed by atoms with Crippen LogP contribution in [0.5, 0.6) is 0 Å². The normalized spacial score (nSPS) is 28.3. The minimum Gasteiger partial charge on any atom is -0.390 e. The summed E-state index contributed by atoms with van der Waals surface area (Å²) < 4.78 is 0. The zero-order valence-electron chi connectivity index (χ0n) is 15.5. The van der Waals surface area contributed by atoms with Crippen LogP contribution in [-0.4, -0.2) is 54.3 Å². The van der Waals surface area contributed by atoms with Crippen molar-refractivity contribution in [3.63, 3.8) is 0 Å². The van der Waals surface area contributed by atoms with Crippen molar-refractivity contribution in [2.24, 2.45) is 0 Å². The largest absolute Gasteiger partial charge is 0.390 e. The lowest BCUT2D eigenvalue weighted by Gasteiger charge is -2.66. The van der Waals surface area contributed by atoms with Crippen LogP contribution >= 0.6 is 0 Å². The third-order valence-electron chi connectivity index (χ3n) is 6.46. The summed E-state index contributed by atoms with van der Waals surface area (Å²) in [7, 11) is 0. The average Bonchev–Trinajstić information content (AvgIpc) is 3.11. The molecule has 2 unspecified atom stereocenters. The highest BCUT2D eigenvalue weighted by molar-refractivity contribution is 5.91. The number of nitrogens with one attached hydrogen (secondary N) is 3. The van der Waals surface area contributed by atoms with Crippen molar-refractivity contribution in [1.82, 2.24) is 25.1 Å². The van der Waals surface area contributed by atoms with Gasteiger partial charge < -0.3 is 15.7 Å². The molecular formula is C20H23N7O. The summed E-state index contributed by atoms with van der Waals surface area (Å²) in [6, 6.07) is 10.6. The Bertz CT molecular complexity index is 1020. The van der Waals surface area contributed by atoms with E-state index >= 15 is 0 Å². The fourth-order valence-electron chi connectivity index (χ4n) is 5.22. The van der Waals surface area contributed by atoms with E-state index in [2.05, 4.69) is 36.8 Å². The van der Waals surface area contributed by atoms with Crippen molar-refractivity contribution < 1.29 is 5.11 Å². The lowest BCUT2D eigenvalue weighted by Crippen LogP contribution is -2.73. The number of anilines is 3. The molecule has 28 heavy (non-hydrogen) atoms. The highest BCUT2D eigenvalue weighted by Gasteiger charge is 2.54. The highest BCUT2D eigenvalue weighted by atomic mass is 16.3. The SMILES string of the molecule is OCc1cc(Nc2cc3ncccc3c(NC3C[C@@H]4CC5C[C@H](C3)N54)n2)n[nH]1. The number of fused-ring (bicyclic) bond motifs is 1. The fraction of sp³-hybridized carbons (Fsp3) is 0.450. The maximum atomic E-state index is 9.22. The first-order chi connectivity index (χ1) is 13.8. The second kappa shape index (κ2) is 6.15. The number of aromatic amines is 1. The Morgan fingerprint density at radius 1 is 1.11 bits per heavy atom. The highest BCUT2D eigenvalue weighted by Crippen LogP contribution is 2.49. The molecule has 0 spiro atoms. The van der Waals surface area contributed by atoms with Crippen LogP contribution in [-0.2, 0) is 6.61 Å². The number of piperidine rings is 2. The maximum Gasteiger partial charge on any atom is 0.153 e. The van der Waals surface area contributed by atoms with Gasteiger partial charge in [-0.05, 0) is 37.8 Å². The summed E-state index contributed by atoms with van der Waals surface area (Å²) in [5.74, 6) is 2.19. The Kier molecular flexibility index (Phi) is 3.57. The molecule has 4 atom stereocenters. The molecule has 3 saturated heterocycles. The molecule has 3 fully saturated rings. The van der Waals surface area contributed by atoms with E-state index in [1.54, 1.807) is 12.3 Å². The third kappa shape index (κ3) is 2.56. The van der Waals surface area contributed by atoms with Crippen LogP contribution in [0.2, 0.25) is 0 Å². The summed E-state index contributed by atoms with van der Waals surface area (Å²) in [5.41, 5.74) is 1.55. The standard InChI is InChI=1S/C20H23N7O/c28-10-12-6-19(26-25-12)23-18-9-17-16(2-1-3-21-17)20(24-18)22-11-4-13-7-15-8-14(5-11)27(13)15/h1-3,6,9,11,13-15,28H,4-5,7-8,10H2,(H3,22,23,24,25,26)/t11?,13-,14+,15?. The van der Waals surface area contributed by atoms with Crippen LogP contribution < -0.4 is 10.6 Å². The number of H-pyrrole nitrogens is 1. The Morgan fingerprint density at radius 3 is 2.68 bits per heavy atom. The molecule has 0 aromatic carbocycles. The van der Waals surface area contributed by atoms with Crippen LogP contribution in [0.15, 0.2) is 30.5 Å². The van der Waals surface area contributed by atoms with Crippen molar-refractivity contribution in [1.29, 1.82) is 0 Å². The number of hydrogen-bond donors (Lipinski definition) is 4. The first-order valence-corrected chi connectivity index (χ1v) is 9.99. The molecule has 3 aromatic rings. The van der Waals surface area contributed by atoms with Gasteiger partial charge in [-0.1, -0.05) is 0 Å². The van der Waals surface area contributed by atoms with Crippen LogP contribution in [0.3, 0.4) is 0 Å². The molecule has 144 valence electrons. The van der Waals surface area contributed by atoms with Crippen molar-refractivity contribution in [3.8, 4) is 0 Å². The van der Waals surface area contributed by atoms with Gasteiger partial charge in [0.2, 0.25) is 0 Å². The molecule has 3 aromatic heterocycles. The van der Waals surface area contributed by atoms with E-state index in [1.807, 2.05) is 12.1 Å². The van der Waals surface area contributed by atoms with Gasteiger partial charge in [-0.25, -0.2) is 4.98 Å². The fourth-order valence-corrected chi connectivity index (χ4v) is 5.22. The van der Waals surface area contributed by atoms with Crippen molar-refractivity contribution in [2.75, 3.05) is 10.6 Å². The van der Waals surface area contributed by atoms with E-state index in [1.165, 1.54) is 25.7 Å². The van der Waals surface area contributed by atoms with E-state index in [0.29, 0.717) is 23.4 Å². The Labute approximate surface area is 162 Å². The van der Waals surface area contributed by atoms with Gasteiger partial charge in [-0.3, -0.25) is 15.0 Å². The smallest absolute Gasteiger partial charge is 0.153 e. The Hall–Kier alpha value is -2.71. The van der Waals surface area contributed by atoms with Gasteiger partial charge in [0.05, 0.1) is 17.8 Å².